The van der Waals surface area contributed by atoms with Crippen molar-refractivity contribution in [2.75, 3.05) is 19.5 Å². The zero-order valence-corrected chi connectivity index (χ0v) is 11.8. The first-order valence-corrected chi connectivity index (χ1v) is 6.36. The normalized spacial score (nSPS) is 16.3. The van der Waals surface area contributed by atoms with E-state index in [1.54, 1.807) is 25.3 Å². The molecular weight excluding hydrogens is 290 g/mol. The van der Waals surface area contributed by atoms with Crippen LogP contribution in [0.4, 0.5) is 5.95 Å². The van der Waals surface area contributed by atoms with Crippen LogP contribution in [0.1, 0.15) is 11.6 Å². The fourth-order valence-electron chi connectivity index (χ4n) is 2.25. The van der Waals surface area contributed by atoms with E-state index < -0.39 is 12.0 Å². The Bertz CT molecular complexity index is 755. The fraction of sp³-hybridized carbons (Fsp3) is 0.231. The summed E-state index contributed by atoms with van der Waals surface area (Å²) in [6.07, 6.45) is 1.53. The SMILES string of the molecule is COc1ccc([C@H]2C=C(C(=O)O)Nc3nnnn32)cc1OC. The molecule has 1 aromatic carbocycles. The number of aliphatic carboxylic acids is 1. The maximum absolute atomic E-state index is 11.2. The zero-order chi connectivity index (χ0) is 15.7. The van der Waals surface area contributed by atoms with Gasteiger partial charge in [-0.3, -0.25) is 0 Å². The molecule has 1 aliphatic rings. The van der Waals surface area contributed by atoms with Crippen LogP contribution in [0.25, 0.3) is 0 Å². The van der Waals surface area contributed by atoms with Gasteiger partial charge in [0.2, 0.25) is 5.95 Å². The molecule has 114 valence electrons. The second-order valence-corrected chi connectivity index (χ2v) is 4.52. The Hall–Kier alpha value is -3.10. The van der Waals surface area contributed by atoms with Crippen LogP contribution in [0.3, 0.4) is 0 Å². The third kappa shape index (κ3) is 2.22. The quantitative estimate of drug-likeness (QED) is 0.848. The van der Waals surface area contributed by atoms with Crippen molar-refractivity contribution in [1.29, 1.82) is 0 Å². The topological polar surface area (TPSA) is 111 Å². The number of allylic oxidation sites excluding steroid dienone is 1. The Morgan fingerprint density at radius 2 is 2.09 bits per heavy atom. The third-order valence-corrected chi connectivity index (χ3v) is 3.31. The second kappa shape index (κ2) is 5.35. The molecule has 2 N–H and O–H groups in total. The molecule has 0 amide bonds. The van der Waals surface area contributed by atoms with E-state index in [-0.39, 0.29) is 11.6 Å². The molecule has 22 heavy (non-hydrogen) atoms. The van der Waals surface area contributed by atoms with E-state index in [0.717, 1.165) is 5.56 Å². The number of methoxy groups -OCH3 is 2. The maximum atomic E-state index is 11.2. The number of carboxylic acid groups (broad SMARTS) is 1. The highest BCUT2D eigenvalue weighted by molar-refractivity contribution is 5.90. The molecule has 0 saturated carbocycles. The lowest BCUT2D eigenvalue weighted by Crippen LogP contribution is -2.24. The van der Waals surface area contributed by atoms with Crippen LogP contribution in [0.2, 0.25) is 0 Å². The van der Waals surface area contributed by atoms with Gasteiger partial charge in [-0.15, -0.1) is 0 Å². The maximum Gasteiger partial charge on any atom is 0.352 e. The highest BCUT2D eigenvalue weighted by Gasteiger charge is 2.27. The zero-order valence-electron chi connectivity index (χ0n) is 11.8. The van der Waals surface area contributed by atoms with Crippen LogP contribution < -0.4 is 14.8 Å². The molecular formula is C13H13N5O4. The van der Waals surface area contributed by atoms with Gasteiger partial charge in [-0.2, -0.15) is 4.68 Å². The lowest BCUT2D eigenvalue weighted by atomic mass is 10.0. The van der Waals surface area contributed by atoms with Crippen molar-refractivity contribution in [2.45, 2.75) is 6.04 Å². The molecule has 2 aromatic rings. The number of tetrazole rings is 1. The summed E-state index contributed by atoms with van der Waals surface area (Å²) in [5.41, 5.74) is 0.786. The van der Waals surface area contributed by atoms with Crippen LogP contribution in [0, 0.1) is 0 Å². The van der Waals surface area contributed by atoms with Crippen molar-refractivity contribution in [3.05, 3.63) is 35.5 Å². The Balaban J connectivity index is 2.09. The molecule has 0 fully saturated rings. The Labute approximate surface area is 125 Å². The largest absolute Gasteiger partial charge is 0.493 e. The number of carboxylic acids is 1. The first-order valence-electron chi connectivity index (χ1n) is 6.36. The number of ether oxygens (including phenoxy) is 2. The molecule has 0 unspecified atom stereocenters. The number of benzene rings is 1. The average Bonchev–Trinajstić information content (AvgIpc) is 3.01. The minimum atomic E-state index is -1.08. The first kappa shape index (κ1) is 13.9. The number of carbonyl (C=O) groups is 1. The average molecular weight is 303 g/mol. The molecule has 0 saturated heterocycles. The smallest absolute Gasteiger partial charge is 0.352 e. The number of hydrogen-bond acceptors (Lipinski definition) is 7. The molecule has 1 aliphatic heterocycles. The predicted octanol–water partition coefficient (Wildman–Crippen LogP) is 0.674. The van der Waals surface area contributed by atoms with Gasteiger partial charge in [0, 0.05) is 0 Å². The summed E-state index contributed by atoms with van der Waals surface area (Å²) in [5.74, 6) is 0.303. The van der Waals surface area contributed by atoms with Gasteiger partial charge < -0.3 is 19.9 Å². The van der Waals surface area contributed by atoms with Crippen LogP contribution in [-0.2, 0) is 4.79 Å². The van der Waals surface area contributed by atoms with E-state index in [2.05, 4.69) is 20.8 Å². The number of nitrogens with one attached hydrogen (secondary N) is 1. The van der Waals surface area contributed by atoms with Crippen LogP contribution in [0.15, 0.2) is 30.0 Å². The third-order valence-electron chi connectivity index (χ3n) is 3.31. The van der Waals surface area contributed by atoms with Crippen LogP contribution in [-0.4, -0.2) is 45.5 Å². The summed E-state index contributed by atoms with van der Waals surface area (Å²) in [5, 5.41) is 23.1. The summed E-state index contributed by atoms with van der Waals surface area (Å²) in [6, 6.07) is 4.85. The number of anilines is 1. The predicted molar refractivity (Wildman–Crippen MR) is 74.8 cm³/mol. The first-order chi connectivity index (χ1) is 10.6. The highest BCUT2D eigenvalue weighted by atomic mass is 16.5. The summed E-state index contributed by atoms with van der Waals surface area (Å²) in [6.45, 7) is 0. The van der Waals surface area contributed by atoms with E-state index in [4.69, 9.17) is 9.47 Å². The lowest BCUT2D eigenvalue weighted by molar-refractivity contribution is -0.132. The number of rotatable bonds is 4. The monoisotopic (exact) mass is 303 g/mol. The molecule has 0 radical (unpaired) electrons. The molecule has 0 spiro atoms. The number of nitrogens with zero attached hydrogens (tertiary/aromatic N) is 4. The van der Waals surface area contributed by atoms with Crippen LogP contribution in [0.5, 0.6) is 11.5 Å². The fourth-order valence-corrected chi connectivity index (χ4v) is 2.25. The summed E-state index contributed by atoms with van der Waals surface area (Å²) in [4.78, 5) is 11.2. The molecule has 9 heteroatoms. The lowest BCUT2D eigenvalue weighted by Gasteiger charge is -2.22. The molecule has 1 atom stereocenters. The van der Waals surface area contributed by atoms with Crippen molar-refractivity contribution in [1.82, 2.24) is 20.2 Å². The van der Waals surface area contributed by atoms with Gasteiger partial charge in [0.05, 0.1) is 14.2 Å². The molecule has 2 heterocycles. The van der Waals surface area contributed by atoms with Crippen molar-refractivity contribution in [3.8, 4) is 11.5 Å². The van der Waals surface area contributed by atoms with E-state index in [1.165, 1.54) is 17.9 Å². The van der Waals surface area contributed by atoms with Gasteiger partial charge in [-0.05, 0) is 34.2 Å². The Morgan fingerprint density at radius 3 is 2.77 bits per heavy atom. The molecule has 1 aromatic heterocycles. The van der Waals surface area contributed by atoms with E-state index in [9.17, 15) is 9.90 Å². The number of aromatic nitrogens is 4. The highest BCUT2D eigenvalue weighted by Crippen LogP contribution is 2.34. The molecule has 0 bridgehead atoms. The molecule has 0 aliphatic carbocycles. The minimum absolute atomic E-state index is 0.0158. The van der Waals surface area contributed by atoms with E-state index >= 15 is 0 Å². The Kier molecular flexibility index (Phi) is 3.37. The molecule has 3 rings (SSSR count). The van der Waals surface area contributed by atoms with Gasteiger partial charge >= 0.3 is 5.97 Å². The summed E-state index contributed by atoms with van der Waals surface area (Å²) < 4.78 is 12.0. The molecule has 9 nitrogen and oxygen atoms in total. The van der Waals surface area contributed by atoms with Crippen molar-refractivity contribution < 1.29 is 19.4 Å². The number of hydrogen-bond donors (Lipinski definition) is 2. The van der Waals surface area contributed by atoms with Crippen molar-refractivity contribution >= 4 is 11.9 Å². The van der Waals surface area contributed by atoms with Gasteiger partial charge in [-0.1, -0.05) is 11.2 Å². The van der Waals surface area contributed by atoms with Crippen molar-refractivity contribution in [3.63, 3.8) is 0 Å². The number of fused-ring (bicyclic) bond motifs is 1. The van der Waals surface area contributed by atoms with E-state index in [1.807, 2.05) is 0 Å². The minimum Gasteiger partial charge on any atom is -0.493 e. The standard InChI is InChI=1S/C13H13N5O4/c1-21-10-4-3-7(5-11(10)22-2)9-6-8(12(19)20)14-13-15-16-17-18(9)13/h3-6,9H,1-2H3,(H,19,20)(H,14,15,17)/t9-/m1/s1. The van der Waals surface area contributed by atoms with Gasteiger partial charge in [0.15, 0.2) is 11.5 Å². The second-order valence-electron chi connectivity index (χ2n) is 4.52. The van der Waals surface area contributed by atoms with Gasteiger partial charge in [0.1, 0.15) is 11.7 Å². The van der Waals surface area contributed by atoms with Crippen LogP contribution >= 0.6 is 0 Å². The Morgan fingerprint density at radius 1 is 1.32 bits per heavy atom. The summed E-state index contributed by atoms with van der Waals surface area (Å²) >= 11 is 0. The van der Waals surface area contributed by atoms with Crippen molar-refractivity contribution in [2.24, 2.45) is 0 Å². The van der Waals surface area contributed by atoms with Gasteiger partial charge in [-0.25, -0.2) is 4.79 Å². The van der Waals surface area contributed by atoms with Gasteiger partial charge in [0.25, 0.3) is 0 Å². The summed E-state index contributed by atoms with van der Waals surface area (Å²) in [7, 11) is 3.08. The van der Waals surface area contributed by atoms with E-state index in [0.29, 0.717) is 11.5 Å².